The standard InChI is InChI=1S/C86H112N8O8/c1-29-101-77(99)59-47-91-69-39-65(87-43-51-31-55(79(5,6)7)35-61(73(51)95)83(17,18)19)68(90-46-54-34-58(82(14,15)16)38-64(76(54)98)86(26,27)28)42-72(69)94-50(4)60(78(100)102-30-2)48-92-70-40-66(88-44-52-32-56(80(8,9)10)36-62(74(52)96)84(20,21)22)67(41-71(70)93-49(59)3)89-45-53-33-57(81(11,12)13)37-63(75(53)97)85(23,24)25/h31-48,59-60,95-98H,29-30H2,1-28H3. The number of hydrogen-bond donors (Lipinski definition) is 4. The fraction of sp³-hybridized carbons (Fsp3) is 0.465. The van der Waals surface area contributed by atoms with Crippen molar-refractivity contribution in [3.05, 3.63) is 140 Å². The Morgan fingerprint density at radius 1 is 0.353 bits per heavy atom. The predicted molar refractivity (Wildman–Crippen MR) is 426 cm³/mol. The molecule has 0 bridgehead atoms. The Bertz CT molecular complexity index is 4160. The van der Waals surface area contributed by atoms with Gasteiger partial charge in [0.25, 0.3) is 0 Å². The number of rotatable bonds is 12. The number of fused-ring (bicyclic) bond motifs is 2. The number of carbonyl (C=O) groups is 2. The highest BCUT2D eigenvalue weighted by Crippen LogP contribution is 2.47. The third-order valence-electron chi connectivity index (χ3n) is 18.1. The van der Waals surface area contributed by atoms with Crippen molar-refractivity contribution in [3.8, 4) is 23.0 Å². The molecule has 544 valence electrons. The summed E-state index contributed by atoms with van der Waals surface area (Å²) in [6.07, 6.45) is 9.27. The van der Waals surface area contributed by atoms with E-state index in [2.05, 4.69) is 83.1 Å². The van der Waals surface area contributed by atoms with Gasteiger partial charge in [-0.15, -0.1) is 0 Å². The first-order valence-electron chi connectivity index (χ1n) is 35.4. The van der Waals surface area contributed by atoms with E-state index in [9.17, 15) is 30.0 Å². The van der Waals surface area contributed by atoms with Gasteiger partial charge in [0.15, 0.2) is 0 Å². The Morgan fingerprint density at radius 2 is 0.569 bits per heavy atom. The Balaban J connectivity index is 1.60. The molecule has 4 N–H and O–H groups in total. The zero-order chi connectivity index (χ0) is 76.5. The molecule has 0 radical (unpaired) electrons. The van der Waals surface area contributed by atoms with Gasteiger partial charge in [-0.2, -0.15) is 0 Å². The topological polar surface area (TPSA) is 232 Å². The molecule has 16 heteroatoms. The molecule has 6 aromatic rings. The summed E-state index contributed by atoms with van der Waals surface area (Å²) in [6.45, 7) is 56.8. The summed E-state index contributed by atoms with van der Waals surface area (Å²) < 4.78 is 11.6. The van der Waals surface area contributed by atoms with Crippen molar-refractivity contribution in [3.63, 3.8) is 0 Å². The number of phenolic OH excluding ortho intramolecular Hbond substituents is 4. The van der Waals surface area contributed by atoms with Crippen molar-refractivity contribution in [1.29, 1.82) is 0 Å². The van der Waals surface area contributed by atoms with Gasteiger partial charge in [0, 0.05) is 93.2 Å². The molecule has 16 nitrogen and oxygen atoms in total. The van der Waals surface area contributed by atoms with Crippen LogP contribution in [0.3, 0.4) is 0 Å². The molecule has 1 aliphatic heterocycles. The number of phenols is 4. The van der Waals surface area contributed by atoms with E-state index >= 15 is 0 Å². The number of carbonyl (C=O) groups excluding carboxylic acids is 2. The van der Waals surface area contributed by atoms with Crippen molar-refractivity contribution in [2.75, 3.05) is 13.2 Å². The molecule has 0 aliphatic carbocycles. The number of aromatic hydroxyl groups is 4. The highest BCUT2D eigenvalue weighted by atomic mass is 16.5. The van der Waals surface area contributed by atoms with Gasteiger partial charge in [-0.1, -0.05) is 190 Å². The van der Waals surface area contributed by atoms with E-state index in [0.717, 1.165) is 44.5 Å². The monoisotopic (exact) mass is 1380 g/mol. The summed E-state index contributed by atoms with van der Waals surface area (Å²) in [6, 6.07) is 22.6. The van der Waals surface area contributed by atoms with E-state index in [1.807, 2.05) is 132 Å². The maximum atomic E-state index is 14.6. The van der Waals surface area contributed by atoms with Crippen molar-refractivity contribution in [2.24, 2.45) is 51.8 Å². The van der Waals surface area contributed by atoms with Gasteiger partial charge in [0.2, 0.25) is 0 Å². The van der Waals surface area contributed by atoms with Gasteiger partial charge in [-0.05, 0) is 142 Å². The molecule has 1 heterocycles. The van der Waals surface area contributed by atoms with Gasteiger partial charge in [0.05, 0.1) is 58.7 Å². The maximum Gasteiger partial charge on any atom is 0.320 e. The highest BCUT2D eigenvalue weighted by molar-refractivity contribution is 6.16. The molecule has 2 unspecified atom stereocenters. The molecule has 0 aromatic heterocycles. The van der Waals surface area contributed by atoms with E-state index in [4.69, 9.17) is 49.4 Å². The van der Waals surface area contributed by atoms with Crippen molar-refractivity contribution in [2.45, 2.75) is 237 Å². The van der Waals surface area contributed by atoms with E-state index < -0.39 is 45.4 Å². The van der Waals surface area contributed by atoms with Crippen LogP contribution in [0.15, 0.2) is 113 Å². The van der Waals surface area contributed by atoms with Gasteiger partial charge in [-0.25, -0.2) is 0 Å². The number of aliphatic imine (C=N–C) groups is 8. The van der Waals surface area contributed by atoms with Crippen LogP contribution >= 0.6 is 0 Å². The maximum absolute atomic E-state index is 14.6. The lowest BCUT2D eigenvalue weighted by atomic mass is 9.79. The Morgan fingerprint density at radius 3 is 0.765 bits per heavy atom. The second-order valence-electron chi connectivity index (χ2n) is 35.1. The van der Waals surface area contributed by atoms with Crippen LogP contribution < -0.4 is 0 Å². The Hall–Kier alpha value is -9.18. The molecule has 7 rings (SSSR count). The molecular weight excluding hydrogens is 1270 g/mol. The fourth-order valence-corrected chi connectivity index (χ4v) is 11.5. The van der Waals surface area contributed by atoms with E-state index in [-0.39, 0.29) is 115 Å². The Kier molecular flexibility index (Phi) is 23.6. The first kappa shape index (κ1) is 80.1. The lowest BCUT2D eigenvalue weighted by Gasteiger charge is -2.27. The Labute approximate surface area is 607 Å². The number of esters is 2. The minimum absolute atomic E-state index is 0.0321. The van der Waals surface area contributed by atoms with Crippen LogP contribution in [0, 0.1) is 11.8 Å². The minimum atomic E-state index is -1.23. The predicted octanol–water partition coefficient (Wildman–Crippen LogP) is 21.6. The number of ether oxygens (including phenoxy) is 2. The van der Waals surface area contributed by atoms with Crippen LogP contribution in [-0.2, 0) is 62.4 Å². The molecule has 1 aliphatic rings. The SMILES string of the molecule is CCOC(=O)C1C=Nc2cc(N=Cc3cc(C(C)(C)C)cc(C(C)(C)C)c3O)c(N=Cc3cc(C(C)(C)C)cc(C(C)(C)C)c3O)cc2N=C(C)C(C(=O)OCC)C=Nc2cc(N=Cc3cc(C(C)(C)C)cc(C(C)(C)C)c3O)c(N=Cc3cc(C(C)(C)C)cc(C(C)(C)C)c3O)cc2N=C1C. The molecule has 0 amide bonds. The average molecular weight is 1390 g/mol. The van der Waals surface area contributed by atoms with E-state index in [1.165, 1.54) is 12.4 Å². The van der Waals surface area contributed by atoms with Gasteiger partial charge >= 0.3 is 11.9 Å². The molecule has 0 spiro atoms. The first-order chi connectivity index (χ1) is 46.8. The highest BCUT2D eigenvalue weighted by Gasteiger charge is 2.32. The fourth-order valence-electron chi connectivity index (χ4n) is 11.5. The summed E-state index contributed by atoms with van der Waals surface area (Å²) in [4.78, 5) is 70.1. The molecule has 102 heavy (non-hydrogen) atoms. The molecule has 0 saturated carbocycles. The lowest BCUT2D eigenvalue weighted by Crippen LogP contribution is -2.26. The summed E-state index contributed by atoms with van der Waals surface area (Å²) in [5, 5.41) is 48.3. The third-order valence-corrected chi connectivity index (χ3v) is 18.1. The van der Waals surface area contributed by atoms with Crippen LogP contribution in [-0.4, -0.2) is 94.3 Å². The summed E-state index contributed by atoms with van der Waals surface area (Å²) in [5.41, 5.74) is 8.19. The van der Waals surface area contributed by atoms with Gasteiger partial charge in [-0.3, -0.25) is 49.5 Å². The molecular formula is C86H112N8O8. The van der Waals surface area contributed by atoms with E-state index in [0.29, 0.717) is 22.3 Å². The van der Waals surface area contributed by atoms with Crippen LogP contribution in [0.4, 0.5) is 45.5 Å². The quantitative estimate of drug-likeness (QED) is 0.0678. The third kappa shape index (κ3) is 19.3. The normalized spacial score (nSPS) is 15.6. The summed E-state index contributed by atoms with van der Waals surface area (Å²) >= 11 is 0. The van der Waals surface area contributed by atoms with Crippen LogP contribution in [0.1, 0.15) is 261 Å². The van der Waals surface area contributed by atoms with Gasteiger partial charge < -0.3 is 29.9 Å². The second-order valence-corrected chi connectivity index (χ2v) is 35.1. The van der Waals surface area contributed by atoms with Crippen molar-refractivity contribution in [1.82, 2.24) is 0 Å². The molecule has 6 aromatic carbocycles. The minimum Gasteiger partial charge on any atom is -0.507 e. The average Bonchev–Trinajstić information content (AvgIpc) is 0.800. The molecule has 2 atom stereocenters. The van der Waals surface area contributed by atoms with Gasteiger partial charge in [0.1, 0.15) is 34.8 Å². The first-order valence-corrected chi connectivity index (χ1v) is 35.4. The number of hydrogen-bond acceptors (Lipinski definition) is 16. The lowest BCUT2D eigenvalue weighted by molar-refractivity contribution is -0.144. The van der Waals surface area contributed by atoms with E-state index in [1.54, 1.807) is 76.8 Å². The van der Waals surface area contributed by atoms with Crippen molar-refractivity contribution >= 4 is 106 Å². The molecule has 0 saturated heterocycles. The smallest absolute Gasteiger partial charge is 0.320 e. The zero-order valence-corrected chi connectivity index (χ0v) is 66.0. The summed E-state index contributed by atoms with van der Waals surface area (Å²) in [5.74, 6) is -3.49. The second kappa shape index (κ2) is 30.0. The van der Waals surface area contributed by atoms with Crippen LogP contribution in [0.5, 0.6) is 23.0 Å². The zero-order valence-electron chi connectivity index (χ0n) is 66.0. The summed E-state index contributed by atoms with van der Waals surface area (Å²) in [7, 11) is 0. The molecule has 0 fully saturated rings. The van der Waals surface area contributed by atoms with Crippen molar-refractivity contribution < 1.29 is 39.5 Å². The number of nitrogens with zero attached hydrogens (tertiary/aromatic N) is 8. The number of benzene rings is 6. The van der Waals surface area contributed by atoms with Crippen LogP contribution in [0.25, 0.3) is 0 Å². The van der Waals surface area contributed by atoms with Crippen LogP contribution in [0.2, 0.25) is 0 Å². The largest absolute Gasteiger partial charge is 0.507 e.